The molecule has 1 amide bonds. The maximum absolute atomic E-state index is 12.7. The van der Waals surface area contributed by atoms with Gasteiger partial charge in [0.15, 0.2) is 0 Å². The topological polar surface area (TPSA) is 51.7 Å². The summed E-state index contributed by atoms with van der Waals surface area (Å²) < 4.78 is 12.2. The van der Waals surface area contributed by atoms with E-state index in [1.165, 1.54) is 0 Å². The number of ether oxygens (including phenoxy) is 2. The smallest absolute Gasteiger partial charge is 0.253 e. The van der Waals surface area contributed by atoms with E-state index in [0.717, 1.165) is 37.2 Å². The Morgan fingerprint density at radius 2 is 2.15 bits per heavy atom. The van der Waals surface area contributed by atoms with Gasteiger partial charge in [-0.15, -0.1) is 0 Å². The van der Waals surface area contributed by atoms with Crippen LogP contribution in [0.1, 0.15) is 30.1 Å². The molecule has 2 fully saturated rings. The highest BCUT2D eigenvalue weighted by Gasteiger charge is 2.46. The molecule has 1 aromatic heterocycles. The lowest BCUT2D eigenvalue weighted by molar-refractivity contribution is -0.0675. The Kier molecular flexibility index (Phi) is 4.64. The molecule has 0 spiro atoms. The third kappa shape index (κ3) is 3.58. The van der Waals surface area contributed by atoms with E-state index in [-0.39, 0.29) is 17.6 Å². The molecule has 0 saturated carbocycles. The van der Waals surface area contributed by atoms with Gasteiger partial charge >= 0.3 is 0 Å². The first kappa shape index (κ1) is 17.0. The summed E-state index contributed by atoms with van der Waals surface area (Å²) in [5, 5.41) is 0. The van der Waals surface area contributed by atoms with Gasteiger partial charge in [0, 0.05) is 30.8 Å². The molecule has 5 heteroatoms. The zero-order valence-electron chi connectivity index (χ0n) is 15.0. The molecule has 0 aliphatic carbocycles. The zero-order chi connectivity index (χ0) is 18.0. The number of carbonyl (C=O) groups is 1. The van der Waals surface area contributed by atoms with E-state index in [9.17, 15) is 4.79 Å². The van der Waals surface area contributed by atoms with Gasteiger partial charge < -0.3 is 14.4 Å². The van der Waals surface area contributed by atoms with E-state index < -0.39 is 0 Å². The number of piperidine rings is 1. The molecule has 2 aliphatic heterocycles. The van der Waals surface area contributed by atoms with Crippen LogP contribution in [0.4, 0.5) is 0 Å². The van der Waals surface area contributed by atoms with Crippen molar-refractivity contribution < 1.29 is 14.3 Å². The van der Waals surface area contributed by atoms with Crippen LogP contribution in [0.15, 0.2) is 54.9 Å². The monoisotopic (exact) mass is 352 g/mol. The average molecular weight is 352 g/mol. The van der Waals surface area contributed by atoms with Crippen molar-refractivity contribution in [2.24, 2.45) is 5.92 Å². The normalized spacial score (nSPS) is 27.8. The number of carbonyl (C=O) groups excluding carboxylic acids is 1. The van der Waals surface area contributed by atoms with Gasteiger partial charge in [-0.25, -0.2) is 0 Å². The molecular formula is C21H24N2O3. The van der Waals surface area contributed by atoms with E-state index in [1.807, 2.05) is 47.4 Å². The van der Waals surface area contributed by atoms with Gasteiger partial charge in [0.05, 0.1) is 12.3 Å². The van der Waals surface area contributed by atoms with Crippen LogP contribution in [0.2, 0.25) is 0 Å². The summed E-state index contributed by atoms with van der Waals surface area (Å²) in [5.74, 6) is 1.23. The number of hydrogen-bond acceptors (Lipinski definition) is 4. The molecule has 0 bridgehead atoms. The Hall–Kier alpha value is -2.40. The summed E-state index contributed by atoms with van der Waals surface area (Å²) >= 11 is 0. The molecule has 0 N–H and O–H groups in total. The number of hydrogen-bond donors (Lipinski definition) is 0. The van der Waals surface area contributed by atoms with E-state index in [0.29, 0.717) is 12.5 Å². The summed E-state index contributed by atoms with van der Waals surface area (Å²) in [7, 11) is 0. The fourth-order valence-corrected chi connectivity index (χ4v) is 4.04. The van der Waals surface area contributed by atoms with Gasteiger partial charge in [-0.1, -0.05) is 18.2 Å². The fourth-order valence-electron chi connectivity index (χ4n) is 4.04. The third-order valence-corrected chi connectivity index (χ3v) is 5.28. The van der Waals surface area contributed by atoms with Crippen molar-refractivity contribution in [2.75, 3.05) is 19.7 Å². The largest absolute Gasteiger partial charge is 0.489 e. The van der Waals surface area contributed by atoms with Crippen LogP contribution in [0.3, 0.4) is 0 Å². The highest BCUT2D eigenvalue weighted by molar-refractivity contribution is 5.94. The van der Waals surface area contributed by atoms with Crippen molar-refractivity contribution in [3.05, 3.63) is 60.4 Å². The second kappa shape index (κ2) is 7.08. The predicted octanol–water partition coefficient (Wildman–Crippen LogP) is 3.17. The molecule has 5 nitrogen and oxygen atoms in total. The van der Waals surface area contributed by atoms with E-state index in [2.05, 4.69) is 11.9 Å². The molecule has 2 aromatic rings. The minimum atomic E-state index is -0.322. The van der Waals surface area contributed by atoms with Crippen LogP contribution in [0.5, 0.6) is 5.75 Å². The molecule has 26 heavy (non-hydrogen) atoms. The van der Waals surface area contributed by atoms with E-state index in [1.54, 1.807) is 12.4 Å². The van der Waals surface area contributed by atoms with Crippen molar-refractivity contribution >= 4 is 5.91 Å². The minimum Gasteiger partial charge on any atom is -0.489 e. The lowest BCUT2D eigenvalue weighted by Gasteiger charge is -2.34. The van der Waals surface area contributed by atoms with E-state index >= 15 is 0 Å². The van der Waals surface area contributed by atoms with Crippen LogP contribution < -0.4 is 4.74 Å². The number of nitrogens with zero attached hydrogens (tertiary/aromatic N) is 2. The predicted molar refractivity (Wildman–Crippen MR) is 98.1 cm³/mol. The fraction of sp³-hybridized carbons (Fsp3) is 0.429. The average Bonchev–Trinajstić information content (AvgIpc) is 3.03. The number of likely N-dealkylation sites (tertiary alicyclic amines) is 1. The van der Waals surface area contributed by atoms with Crippen molar-refractivity contribution in [3.8, 4) is 5.75 Å². The van der Waals surface area contributed by atoms with Gasteiger partial charge in [0.1, 0.15) is 18.0 Å². The summed E-state index contributed by atoms with van der Waals surface area (Å²) in [6, 6.07) is 13.3. The molecule has 3 heterocycles. The number of amides is 1. The van der Waals surface area contributed by atoms with Crippen LogP contribution in [0, 0.1) is 5.92 Å². The van der Waals surface area contributed by atoms with Gasteiger partial charge in [0.2, 0.25) is 0 Å². The maximum atomic E-state index is 12.7. The van der Waals surface area contributed by atoms with Gasteiger partial charge in [-0.2, -0.15) is 0 Å². The van der Waals surface area contributed by atoms with Gasteiger partial charge in [0.25, 0.3) is 5.91 Å². The Balaban J connectivity index is 1.37. The molecule has 1 aromatic carbocycles. The summed E-state index contributed by atoms with van der Waals surface area (Å²) in [4.78, 5) is 18.8. The van der Waals surface area contributed by atoms with Crippen molar-refractivity contribution in [1.29, 1.82) is 0 Å². The first-order valence-corrected chi connectivity index (χ1v) is 9.18. The first-order chi connectivity index (χ1) is 12.6. The van der Waals surface area contributed by atoms with Crippen LogP contribution in [-0.4, -0.2) is 47.2 Å². The second-order valence-electron chi connectivity index (χ2n) is 7.45. The maximum Gasteiger partial charge on any atom is 0.253 e. The molecule has 3 atom stereocenters. The first-order valence-electron chi connectivity index (χ1n) is 9.18. The SMILES string of the molecule is C[C@]1(COc2cccnc2)C[C@@H]2CN(C(=O)c3ccccc3)CC[C@@H]2O1. The van der Waals surface area contributed by atoms with Gasteiger partial charge in [-0.05, 0) is 44.0 Å². The Morgan fingerprint density at radius 3 is 2.92 bits per heavy atom. The minimum absolute atomic E-state index is 0.115. The molecule has 2 saturated heterocycles. The summed E-state index contributed by atoms with van der Waals surface area (Å²) in [6.45, 7) is 4.10. The number of fused-ring (bicyclic) bond motifs is 1. The van der Waals surface area contributed by atoms with Crippen LogP contribution >= 0.6 is 0 Å². The summed E-state index contributed by atoms with van der Waals surface area (Å²) in [6.07, 6.45) is 5.43. The molecule has 136 valence electrons. The second-order valence-corrected chi connectivity index (χ2v) is 7.45. The molecule has 2 aliphatic rings. The standard InChI is InChI=1S/C21H24N2O3/c1-21(15-25-18-8-5-10-22-13-18)12-17-14-23(11-9-19(17)26-21)20(24)16-6-3-2-4-7-16/h2-8,10,13,17,19H,9,11-12,14-15H2,1H3/t17-,19+,21-/m1/s1. The summed E-state index contributed by atoms with van der Waals surface area (Å²) in [5.41, 5.74) is 0.435. The van der Waals surface area contributed by atoms with Crippen LogP contribution in [-0.2, 0) is 4.74 Å². The lowest BCUT2D eigenvalue weighted by Crippen LogP contribution is -2.44. The molecule has 0 unspecified atom stereocenters. The Morgan fingerprint density at radius 1 is 1.31 bits per heavy atom. The number of pyridine rings is 1. The number of rotatable bonds is 4. The van der Waals surface area contributed by atoms with Crippen molar-refractivity contribution in [3.63, 3.8) is 0 Å². The van der Waals surface area contributed by atoms with E-state index in [4.69, 9.17) is 9.47 Å². The molecule has 0 radical (unpaired) electrons. The van der Waals surface area contributed by atoms with Crippen LogP contribution in [0.25, 0.3) is 0 Å². The molecule has 4 rings (SSSR count). The zero-order valence-corrected chi connectivity index (χ0v) is 15.0. The third-order valence-electron chi connectivity index (χ3n) is 5.28. The highest BCUT2D eigenvalue weighted by atomic mass is 16.6. The number of benzene rings is 1. The van der Waals surface area contributed by atoms with Gasteiger partial charge in [-0.3, -0.25) is 9.78 Å². The Labute approximate surface area is 153 Å². The number of aromatic nitrogens is 1. The lowest BCUT2D eigenvalue weighted by atomic mass is 9.89. The Bertz CT molecular complexity index is 752. The van der Waals surface area contributed by atoms with Crippen molar-refractivity contribution in [1.82, 2.24) is 9.88 Å². The van der Waals surface area contributed by atoms with Crippen molar-refractivity contribution in [2.45, 2.75) is 31.5 Å². The highest BCUT2D eigenvalue weighted by Crippen LogP contribution is 2.39. The quantitative estimate of drug-likeness (QED) is 0.848. The molecular weight excluding hydrogens is 328 g/mol.